The number of hydrogen-bond donors (Lipinski definition) is 1. The molecule has 1 aromatic heterocycles. The van der Waals surface area contributed by atoms with Gasteiger partial charge in [0, 0.05) is 5.25 Å². The van der Waals surface area contributed by atoms with Gasteiger partial charge in [0.1, 0.15) is 11.5 Å². The van der Waals surface area contributed by atoms with Crippen LogP contribution in [0.25, 0.3) is 0 Å². The third-order valence-electron chi connectivity index (χ3n) is 2.93. The highest BCUT2D eigenvalue weighted by Crippen LogP contribution is 2.30. The van der Waals surface area contributed by atoms with E-state index in [4.69, 9.17) is 10.2 Å². The summed E-state index contributed by atoms with van der Waals surface area (Å²) in [6.07, 6.45) is 7.01. The van der Waals surface area contributed by atoms with Crippen molar-refractivity contribution in [1.82, 2.24) is 0 Å². The zero-order valence-corrected chi connectivity index (χ0v) is 9.89. The largest absolute Gasteiger partial charge is 0.464 e. The molecule has 1 aromatic rings. The highest BCUT2D eigenvalue weighted by molar-refractivity contribution is 7.99. The molecular formula is C12H19NOS. The van der Waals surface area contributed by atoms with Crippen LogP contribution in [0.5, 0.6) is 0 Å². The number of rotatable bonds is 4. The van der Waals surface area contributed by atoms with Crippen molar-refractivity contribution in [1.29, 1.82) is 0 Å². The molecule has 2 N–H and O–H groups in total. The van der Waals surface area contributed by atoms with Gasteiger partial charge in [0.05, 0.1) is 12.3 Å². The molecule has 2 nitrogen and oxygen atoms in total. The third-order valence-corrected chi connectivity index (χ3v) is 4.33. The Kier molecular flexibility index (Phi) is 4.15. The summed E-state index contributed by atoms with van der Waals surface area (Å²) in [7, 11) is 0. The minimum Gasteiger partial charge on any atom is -0.464 e. The van der Waals surface area contributed by atoms with Crippen molar-refractivity contribution in [2.45, 2.75) is 49.7 Å². The molecule has 15 heavy (non-hydrogen) atoms. The monoisotopic (exact) mass is 225 g/mol. The summed E-state index contributed by atoms with van der Waals surface area (Å²) in [5.41, 5.74) is 5.50. The molecule has 0 atom stereocenters. The topological polar surface area (TPSA) is 39.2 Å². The molecule has 0 saturated heterocycles. The van der Waals surface area contributed by atoms with Gasteiger partial charge >= 0.3 is 0 Å². The van der Waals surface area contributed by atoms with Crippen molar-refractivity contribution >= 4 is 11.8 Å². The van der Waals surface area contributed by atoms with Crippen molar-refractivity contribution in [3.8, 4) is 0 Å². The van der Waals surface area contributed by atoms with Crippen LogP contribution in [0.3, 0.4) is 0 Å². The van der Waals surface area contributed by atoms with Crippen molar-refractivity contribution < 1.29 is 4.42 Å². The maximum Gasteiger partial charge on any atom is 0.117 e. The van der Waals surface area contributed by atoms with E-state index in [0.29, 0.717) is 6.54 Å². The summed E-state index contributed by atoms with van der Waals surface area (Å²) in [5.74, 6) is 2.98. The number of thioether (sulfide) groups is 1. The van der Waals surface area contributed by atoms with Crippen LogP contribution in [0, 0.1) is 0 Å². The molecule has 1 fully saturated rings. The molecule has 84 valence electrons. The van der Waals surface area contributed by atoms with E-state index in [1.54, 1.807) is 0 Å². The first kappa shape index (κ1) is 11.1. The lowest BCUT2D eigenvalue weighted by Gasteiger charge is -2.20. The molecule has 0 amide bonds. The smallest absolute Gasteiger partial charge is 0.117 e. The predicted molar refractivity (Wildman–Crippen MR) is 64.8 cm³/mol. The molecule has 1 aliphatic rings. The van der Waals surface area contributed by atoms with Crippen LogP contribution in [0.1, 0.15) is 43.6 Å². The minimum absolute atomic E-state index is 0.508. The average molecular weight is 225 g/mol. The van der Waals surface area contributed by atoms with Crippen molar-refractivity contribution in [2.75, 3.05) is 0 Å². The third kappa shape index (κ3) is 3.28. The highest BCUT2D eigenvalue weighted by Gasteiger charge is 2.14. The molecular weight excluding hydrogens is 206 g/mol. The van der Waals surface area contributed by atoms with Crippen molar-refractivity contribution in [3.05, 3.63) is 23.7 Å². The van der Waals surface area contributed by atoms with Crippen LogP contribution in [0.15, 0.2) is 16.5 Å². The summed E-state index contributed by atoms with van der Waals surface area (Å²) < 4.78 is 5.58. The Morgan fingerprint density at radius 1 is 1.20 bits per heavy atom. The van der Waals surface area contributed by atoms with Crippen LogP contribution < -0.4 is 5.73 Å². The quantitative estimate of drug-likeness (QED) is 0.854. The van der Waals surface area contributed by atoms with E-state index in [1.165, 1.54) is 32.1 Å². The zero-order valence-electron chi connectivity index (χ0n) is 9.08. The molecule has 0 spiro atoms. The molecule has 0 radical (unpaired) electrons. The van der Waals surface area contributed by atoms with E-state index in [2.05, 4.69) is 6.07 Å². The average Bonchev–Trinajstić information content (AvgIpc) is 2.76. The summed E-state index contributed by atoms with van der Waals surface area (Å²) in [4.78, 5) is 0. The van der Waals surface area contributed by atoms with Crippen LogP contribution in [0.4, 0.5) is 0 Å². The van der Waals surface area contributed by atoms with E-state index in [-0.39, 0.29) is 0 Å². The Morgan fingerprint density at radius 2 is 1.93 bits per heavy atom. The van der Waals surface area contributed by atoms with Gasteiger partial charge in [-0.25, -0.2) is 0 Å². The Labute approximate surface area is 95.6 Å². The second kappa shape index (κ2) is 5.61. The van der Waals surface area contributed by atoms with E-state index in [0.717, 1.165) is 22.5 Å². The van der Waals surface area contributed by atoms with Crippen LogP contribution >= 0.6 is 11.8 Å². The fraction of sp³-hybridized carbons (Fsp3) is 0.667. The van der Waals surface area contributed by atoms with Gasteiger partial charge in [0.25, 0.3) is 0 Å². The van der Waals surface area contributed by atoms with Gasteiger partial charge in [-0.15, -0.1) is 0 Å². The summed E-state index contributed by atoms with van der Waals surface area (Å²) in [5, 5.41) is 0.852. The summed E-state index contributed by atoms with van der Waals surface area (Å²) in [6.45, 7) is 0.508. The first-order chi connectivity index (χ1) is 7.38. The predicted octanol–water partition coefficient (Wildman–Crippen LogP) is 3.30. The van der Waals surface area contributed by atoms with Crippen molar-refractivity contribution in [3.63, 3.8) is 0 Å². The standard InChI is InChI=1S/C12H19NOS/c13-8-10-6-7-11(14-10)9-15-12-4-2-1-3-5-12/h6-7,12H,1-5,8-9,13H2. The van der Waals surface area contributed by atoms with Crippen LogP contribution in [-0.4, -0.2) is 5.25 Å². The molecule has 3 heteroatoms. The van der Waals surface area contributed by atoms with Crippen molar-refractivity contribution in [2.24, 2.45) is 5.73 Å². The lowest BCUT2D eigenvalue weighted by Crippen LogP contribution is -2.07. The molecule has 0 aromatic carbocycles. The van der Waals surface area contributed by atoms with Gasteiger partial charge < -0.3 is 10.2 Å². The van der Waals surface area contributed by atoms with Gasteiger partial charge in [-0.3, -0.25) is 0 Å². The lowest BCUT2D eigenvalue weighted by molar-refractivity contribution is 0.480. The van der Waals surface area contributed by atoms with E-state index >= 15 is 0 Å². The Hall–Kier alpha value is -0.410. The van der Waals surface area contributed by atoms with Gasteiger partial charge in [0.2, 0.25) is 0 Å². The van der Waals surface area contributed by atoms with E-state index in [9.17, 15) is 0 Å². The number of furan rings is 1. The molecule has 0 aliphatic heterocycles. The van der Waals surface area contributed by atoms with Gasteiger partial charge in [-0.05, 0) is 25.0 Å². The second-order valence-electron chi connectivity index (χ2n) is 4.14. The molecule has 2 rings (SSSR count). The Bertz CT molecular complexity index is 292. The maximum atomic E-state index is 5.58. The fourth-order valence-electron chi connectivity index (χ4n) is 2.04. The Balaban J connectivity index is 1.76. The van der Waals surface area contributed by atoms with Gasteiger partial charge in [0.15, 0.2) is 0 Å². The molecule has 0 unspecified atom stereocenters. The molecule has 0 bridgehead atoms. The lowest BCUT2D eigenvalue weighted by atomic mass is 10.0. The SMILES string of the molecule is NCc1ccc(CSC2CCCCC2)o1. The molecule has 1 aliphatic carbocycles. The zero-order chi connectivity index (χ0) is 10.5. The first-order valence-electron chi connectivity index (χ1n) is 5.78. The highest BCUT2D eigenvalue weighted by atomic mass is 32.2. The van der Waals surface area contributed by atoms with Gasteiger partial charge in [-0.2, -0.15) is 11.8 Å². The number of hydrogen-bond acceptors (Lipinski definition) is 3. The number of nitrogens with two attached hydrogens (primary N) is 1. The summed E-state index contributed by atoms with van der Waals surface area (Å²) in [6, 6.07) is 4.04. The first-order valence-corrected chi connectivity index (χ1v) is 6.82. The van der Waals surface area contributed by atoms with E-state index in [1.807, 2.05) is 17.8 Å². The van der Waals surface area contributed by atoms with Crippen LogP contribution in [0.2, 0.25) is 0 Å². The molecule has 1 heterocycles. The minimum atomic E-state index is 0.508. The second-order valence-corrected chi connectivity index (χ2v) is 5.43. The van der Waals surface area contributed by atoms with E-state index < -0.39 is 0 Å². The maximum absolute atomic E-state index is 5.58. The molecule has 1 saturated carbocycles. The van der Waals surface area contributed by atoms with Gasteiger partial charge in [-0.1, -0.05) is 19.3 Å². The summed E-state index contributed by atoms with van der Waals surface area (Å²) >= 11 is 2.04. The Morgan fingerprint density at radius 3 is 2.60 bits per heavy atom. The van der Waals surface area contributed by atoms with Crippen LogP contribution in [-0.2, 0) is 12.3 Å². The normalized spacial score (nSPS) is 18.2. The fourth-order valence-corrected chi connectivity index (χ4v) is 3.26.